The third-order valence-corrected chi connectivity index (χ3v) is 3.55. The lowest BCUT2D eigenvalue weighted by atomic mass is 10.1. The van der Waals surface area contributed by atoms with Crippen LogP contribution in [0.15, 0.2) is 36.4 Å². The summed E-state index contributed by atoms with van der Waals surface area (Å²) in [5, 5.41) is 0. The number of imidazole rings is 1. The predicted octanol–water partition coefficient (Wildman–Crippen LogP) is 3.45. The average Bonchev–Trinajstić information content (AvgIpc) is 2.86. The van der Waals surface area contributed by atoms with Gasteiger partial charge >= 0.3 is 0 Å². The Hall–Kier alpha value is -2.56. The molecule has 0 bridgehead atoms. The molecule has 21 heavy (non-hydrogen) atoms. The number of aromatic nitrogens is 2. The fourth-order valence-corrected chi connectivity index (χ4v) is 2.51. The third-order valence-electron chi connectivity index (χ3n) is 3.55. The number of hydrogen-bond acceptors (Lipinski definition) is 3. The summed E-state index contributed by atoms with van der Waals surface area (Å²) in [5.74, 6) is 1.02. The smallest absolute Gasteiger partial charge is 0.151 e. The first-order chi connectivity index (χ1) is 10.2. The monoisotopic (exact) mass is 285 g/mol. The molecule has 5 heteroatoms. The van der Waals surface area contributed by atoms with Crippen LogP contribution in [0.3, 0.4) is 0 Å². The molecule has 0 atom stereocenters. The number of ether oxygens (including phenoxy) is 1. The van der Waals surface area contributed by atoms with E-state index in [9.17, 15) is 4.39 Å². The van der Waals surface area contributed by atoms with Gasteiger partial charge in [-0.15, -0.1) is 0 Å². The van der Waals surface area contributed by atoms with Gasteiger partial charge in [-0.25, -0.2) is 9.37 Å². The van der Waals surface area contributed by atoms with Crippen LogP contribution in [-0.2, 0) is 6.54 Å². The van der Waals surface area contributed by atoms with Gasteiger partial charge in [0.25, 0.3) is 0 Å². The molecular formula is C16H16FN3O. The second kappa shape index (κ2) is 5.09. The normalized spacial score (nSPS) is 11.0. The fraction of sp³-hybridized carbons (Fsp3) is 0.188. The first-order valence-corrected chi connectivity index (χ1v) is 6.74. The third kappa shape index (κ3) is 2.11. The lowest BCUT2D eigenvalue weighted by Crippen LogP contribution is -2.00. The second-order valence-electron chi connectivity index (χ2n) is 4.74. The topological polar surface area (TPSA) is 53.1 Å². The molecule has 0 saturated heterocycles. The number of benzene rings is 2. The van der Waals surface area contributed by atoms with Crippen LogP contribution in [-0.4, -0.2) is 16.7 Å². The Morgan fingerprint density at radius 2 is 2.10 bits per heavy atom. The Kier molecular flexibility index (Phi) is 3.25. The van der Waals surface area contributed by atoms with E-state index in [2.05, 4.69) is 4.98 Å². The predicted molar refractivity (Wildman–Crippen MR) is 81.8 cm³/mol. The molecule has 0 aliphatic carbocycles. The quantitative estimate of drug-likeness (QED) is 0.750. The summed E-state index contributed by atoms with van der Waals surface area (Å²) in [5.41, 5.74) is 8.54. The van der Waals surface area contributed by atoms with Crippen molar-refractivity contribution in [3.63, 3.8) is 0 Å². The largest absolute Gasteiger partial charge is 0.497 e. The van der Waals surface area contributed by atoms with Gasteiger partial charge < -0.3 is 15.0 Å². The van der Waals surface area contributed by atoms with E-state index in [0.29, 0.717) is 29.3 Å². The summed E-state index contributed by atoms with van der Waals surface area (Å²) in [4.78, 5) is 4.44. The zero-order valence-corrected chi connectivity index (χ0v) is 11.9. The fourth-order valence-electron chi connectivity index (χ4n) is 2.51. The zero-order valence-electron chi connectivity index (χ0n) is 11.9. The maximum Gasteiger partial charge on any atom is 0.151 e. The van der Waals surface area contributed by atoms with Crippen LogP contribution in [0.1, 0.15) is 6.92 Å². The van der Waals surface area contributed by atoms with E-state index < -0.39 is 0 Å². The number of para-hydroxylation sites is 1. The van der Waals surface area contributed by atoms with Crippen molar-refractivity contribution < 1.29 is 9.13 Å². The molecule has 0 spiro atoms. The highest BCUT2D eigenvalue weighted by Crippen LogP contribution is 2.32. The van der Waals surface area contributed by atoms with E-state index in [-0.39, 0.29) is 5.82 Å². The Balaban J connectivity index is 2.27. The molecule has 0 unspecified atom stereocenters. The van der Waals surface area contributed by atoms with E-state index in [1.165, 1.54) is 6.07 Å². The van der Waals surface area contributed by atoms with Gasteiger partial charge in [0.15, 0.2) is 5.82 Å². The van der Waals surface area contributed by atoms with Gasteiger partial charge in [-0.1, -0.05) is 6.07 Å². The molecular weight excluding hydrogens is 269 g/mol. The number of anilines is 1. The first-order valence-electron chi connectivity index (χ1n) is 6.74. The molecule has 2 aromatic carbocycles. The molecule has 0 aliphatic rings. The SMILES string of the molecule is CCn1c(-c2ccc(OC)cc2N)nc2c(F)cccc21. The number of nitrogens with zero attached hydrogens (tertiary/aromatic N) is 2. The molecule has 0 radical (unpaired) electrons. The number of aryl methyl sites for hydroxylation is 1. The van der Waals surface area contributed by atoms with Crippen LogP contribution >= 0.6 is 0 Å². The van der Waals surface area contributed by atoms with Crippen molar-refractivity contribution in [1.82, 2.24) is 9.55 Å². The van der Waals surface area contributed by atoms with Crippen molar-refractivity contribution in [2.75, 3.05) is 12.8 Å². The maximum atomic E-state index is 13.9. The standard InChI is InChI=1S/C16H16FN3O/c1-3-20-14-6-4-5-12(17)15(14)19-16(20)11-8-7-10(21-2)9-13(11)18/h4-9H,3,18H2,1-2H3. The molecule has 108 valence electrons. The Morgan fingerprint density at radius 1 is 1.29 bits per heavy atom. The van der Waals surface area contributed by atoms with E-state index >= 15 is 0 Å². The van der Waals surface area contributed by atoms with Gasteiger partial charge in [0, 0.05) is 23.9 Å². The average molecular weight is 285 g/mol. The zero-order chi connectivity index (χ0) is 15.0. The van der Waals surface area contributed by atoms with Crippen molar-refractivity contribution in [2.45, 2.75) is 13.5 Å². The highest BCUT2D eigenvalue weighted by molar-refractivity contribution is 5.84. The number of nitrogen functional groups attached to an aromatic ring is 1. The summed E-state index contributed by atoms with van der Waals surface area (Å²) >= 11 is 0. The van der Waals surface area contributed by atoms with E-state index in [1.54, 1.807) is 19.2 Å². The Bertz CT molecular complexity index is 811. The molecule has 0 amide bonds. The van der Waals surface area contributed by atoms with E-state index in [4.69, 9.17) is 10.5 Å². The van der Waals surface area contributed by atoms with Gasteiger partial charge in [0.2, 0.25) is 0 Å². The van der Waals surface area contributed by atoms with Crippen LogP contribution in [0.2, 0.25) is 0 Å². The van der Waals surface area contributed by atoms with Gasteiger partial charge in [-0.2, -0.15) is 0 Å². The molecule has 0 aliphatic heterocycles. The number of fused-ring (bicyclic) bond motifs is 1. The number of hydrogen-bond donors (Lipinski definition) is 1. The molecule has 0 fully saturated rings. The number of nitrogens with two attached hydrogens (primary N) is 1. The molecule has 4 nitrogen and oxygen atoms in total. The first kappa shape index (κ1) is 13.4. The Labute approximate surface area is 122 Å². The van der Waals surface area contributed by atoms with Crippen molar-refractivity contribution in [3.05, 3.63) is 42.2 Å². The summed E-state index contributed by atoms with van der Waals surface area (Å²) < 4.78 is 21.0. The number of rotatable bonds is 3. The molecule has 3 aromatic rings. The molecule has 3 rings (SSSR count). The molecule has 0 saturated carbocycles. The number of halogens is 1. The van der Waals surface area contributed by atoms with Crippen LogP contribution in [0.4, 0.5) is 10.1 Å². The second-order valence-corrected chi connectivity index (χ2v) is 4.74. The maximum absolute atomic E-state index is 13.9. The highest BCUT2D eigenvalue weighted by Gasteiger charge is 2.16. The Morgan fingerprint density at radius 3 is 2.76 bits per heavy atom. The summed E-state index contributed by atoms with van der Waals surface area (Å²) in [6.07, 6.45) is 0. The van der Waals surface area contributed by atoms with Crippen LogP contribution in [0.25, 0.3) is 22.4 Å². The minimum atomic E-state index is -0.326. The van der Waals surface area contributed by atoms with Crippen LogP contribution in [0, 0.1) is 5.82 Å². The lowest BCUT2D eigenvalue weighted by Gasteiger charge is -2.09. The minimum absolute atomic E-state index is 0.326. The van der Waals surface area contributed by atoms with Crippen LogP contribution in [0.5, 0.6) is 5.75 Å². The molecule has 1 heterocycles. The van der Waals surface area contributed by atoms with Crippen LogP contribution < -0.4 is 10.5 Å². The summed E-state index contributed by atoms with van der Waals surface area (Å²) in [7, 11) is 1.59. The summed E-state index contributed by atoms with van der Waals surface area (Å²) in [6, 6.07) is 10.4. The highest BCUT2D eigenvalue weighted by atomic mass is 19.1. The van der Waals surface area contributed by atoms with Crippen molar-refractivity contribution in [1.29, 1.82) is 0 Å². The van der Waals surface area contributed by atoms with Gasteiger partial charge in [-0.3, -0.25) is 0 Å². The van der Waals surface area contributed by atoms with Crippen molar-refractivity contribution in [2.24, 2.45) is 0 Å². The van der Waals surface area contributed by atoms with Crippen molar-refractivity contribution in [3.8, 4) is 17.1 Å². The van der Waals surface area contributed by atoms with Gasteiger partial charge in [-0.05, 0) is 31.2 Å². The summed E-state index contributed by atoms with van der Waals surface area (Å²) in [6.45, 7) is 2.68. The van der Waals surface area contributed by atoms with E-state index in [0.717, 1.165) is 11.1 Å². The lowest BCUT2D eigenvalue weighted by molar-refractivity contribution is 0.415. The number of methoxy groups -OCH3 is 1. The molecule has 1 aromatic heterocycles. The van der Waals surface area contributed by atoms with Gasteiger partial charge in [0.05, 0.1) is 12.6 Å². The van der Waals surface area contributed by atoms with Gasteiger partial charge in [0.1, 0.15) is 17.1 Å². The van der Waals surface area contributed by atoms with E-state index in [1.807, 2.05) is 29.7 Å². The van der Waals surface area contributed by atoms with Crippen molar-refractivity contribution >= 4 is 16.7 Å². The minimum Gasteiger partial charge on any atom is -0.497 e. The molecule has 2 N–H and O–H groups in total.